The Bertz CT molecular complexity index is 1570. The minimum atomic E-state index is -0.842. The molecule has 3 fully saturated rings. The fourth-order valence-corrected chi connectivity index (χ4v) is 7.11. The highest BCUT2D eigenvalue weighted by atomic mass is 16.4. The maximum atomic E-state index is 13.1. The van der Waals surface area contributed by atoms with E-state index in [0.29, 0.717) is 18.5 Å². The van der Waals surface area contributed by atoms with Crippen LogP contribution >= 0.6 is 0 Å². The van der Waals surface area contributed by atoms with Crippen LogP contribution in [0.15, 0.2) is 47.3 Å². The van der Waals surface area contributed by atoms with Crippen LogP contribution in [0.3, 0.4) is 0 Å². The Balaban J connectivity index is 1.22. The number of imidazole rings is 1. The molecular weight excluding hydrogens is 498 g/mol. The van der Waals surface area contributed by atoms with Crippen molar-refractivity contribution in [3.8, 4) is 11.1 Å². The van der Waals surface area contributed by atoms with Crippen LogP contribution in [-0.2, 0) is 16.6 Å². The average Bonchev–Trinajstić information content (AvgIpc) is 3.06. The smallest absolute Gasteiger partial charge is 0.407 e. The second-order valence-corrected chi connectivity index (χ2v) is 12.3. The molecule has 0 bridgehead atoms. The van der Waals surface area contributed by atoms with Crippen LogP contribution in [0, 0.1) is 10.8 Å². The van der Waals surface area contributed by atoms with E-state index in [9.17, 15) is 24.3 Å². The van der Waals surface area contributed by atoms with Gasteiger partial charge >= 0.3 is 11.8 Å². The van der Waals surface area contributed by atoms with E-state index < -0.39 is 18.0 Å². The molecule has 1 aromatic heterocycles. The van der Waals surface area contributed by atoms with Crippen LogP contribution in [0.4, 0.5) is 10.5 Å². The summed E-state index contributed by atoms with van der Waals surface area (Å²) in [6.45, 7) is 8.57. The van der Waals surface area contributed by atoms with Crippen molar-refractivity contribution in [2.75, 3.05) is 24.5 Å². The number of rotatable bonds is 3. The number of amides is 3. The van der Waals surface area contributed by atoms with Gasteiger partial charge in [-0.2, -0.15) is 0 Å². The molecule has 10 heteroatoms. The van der Waals surface area contributed by atoms with E-state index in [2.05, 4.69) is 55.3 Å². The zero-order valence-electron chi connectivity index (χ0n) is 22.6. The van der Waals surface area contributed by atoms with Crippen molar-refractivity contribution in [1.29, 1.82) is 0 Å². The summed E-state index contributed by atoms with van der Waals surface area (Å²) in [6.07, 6.45) is -0.336. The molecule has 2 N–H and O–H groups in total. The topological polar surface area (TPSA) is 117 Å². The van der Waals surface area contributed by atoms with Gasteiger partial charge in [-0.25, -0.2) is 9.59 Å². The monoisotopic (exact) mass is 531 g/mol. The highest BCUT2D eigenvalue weighted by molar-refractivity contribution is 6.00. The Morgan fingerprint density at radius 3 is 2.26 bits per heavy atom. The molecule has 6 rings (SSSR count). The van der Waals surface area contributed by atoms with E-state index in [1.54, 1.807) is 16.5 Å². The minimum Gasteiger partial charge on any atom is -0.465 e. The third kappa shape index (κ3) is 3.84. The van der Waals surface area contributed by atoms with E-state index >= 15 is 0 Å². The first-order valence-electron chi connectivity index (χ1n) is 13.3. The number of nitrogens with zero attached hydrogens (tertiary/aromatic N) is 4. The number of aryl methyl sites for hydroxylation is 1. The molecule has 2 aromatic carbocycles. The maximum absolute atomic E-state index is 13.1. The fourth-order valence-electron chi connectivity index (χ4n) is 7.11. The van der Waals surface area contributed by atoms with Gasteiger partial charge < -0.3 is 14.9 Å². The molecule has 3 aromatic rings. The number of hydrogen-bond acceptors (Lipinski definition) is 5. The summed E-state index contributed by atoms with van der Waals surface area (Å²) in [5, 5.41) is 11.9. The predicted octanol–water partition coefficient (Wildman–Crippen LogP) is 3.20. The number of carbonyl (C=O) groups is 3. The van der Waals surface area contributed by atoms with Gasteiger partial charge in [0.05, 0.1) is 17.1 Å². The van der Waals surface area contributed by atoms with Gasteiger partial charge in [0.2, 0.25) is 11.8 Å². The number of fused-ring (bicyclic) bond motifs is 1. The Hall–Kier alpha value is -4.08. The van der Waals surface area contributed by atoms with Crippen molar-refractivity contribution in [3.63, 3.8) is 0 Å². The highest BCUT2D eigenvalue weighted by Crippen LogP contribution is 2.53. The van der Waals surface area contributed by atoms with Crippen LogP contribution in [0.5, 0.6) is 0 Å². The fraction of sp³-hybridized carbons (Fsp3) is 0.448. The van der Waals surface area contributed by atoms with Crippen LogP contribution in [-0.4, -0.2) is 62.7 Å². The Labute approximate surface area is 225 Å². The van der Waals surface area contributed by atoms with Gasteiger partial charge in [0.15, 0.2) is 0 Å². The standard InChI is InChI=1S/C29H33N5O5/c1-28(2,3)25-29(16-33(25)27(38)39)14-32(15-29)19-8-5-17(6-9-19)18-7-10-20-22(13-18)31(4)26(37)34(20)21-11-12-23(35)30-24(21)36/h5-10,13,21,25H,11-12,14-16H2,1-4H3,(H,38,39)(H,30,35,36). The van der Waals surface area contributed by atoms with Crippen molar-refractivity contribution in [1.82, 2.24) is 19.4 Å². The van der Waals surface area contributed by atoms with Crippen molar-refractivity contribution in [2.45, 2.75) is 45.7 Å². The SMILES string of the molecule is Cn1c(=O)n(C2CCC(=O)NC2=O)c2ccc(-c3ccc(N4CC5(C4)CN(C(=O)O)C5C(C)(C)C)cc3)cc21. The zero-order valence-corrected chi connectivity index (χ0v) is 22.6. The van der Waals surface area contributed by atoms with E-state index in [0.717, 1.165) is 35.4 Å². The van der Waals surface area contributed by atoms with Gasteiger partial charge in [0.1, 0.15) is 6.04 Å². The summed E-state index contributed by atoms with van der Waals surface area (Å²) >= 11 is 0. The molecular formula is C29H33N5O5. The first-order chi connectivity index (χ1) is 18.4. The third-order valence-corrected chi connectivity index (χ3v) is 8.63. The van der Waals surface area contributed by atoms with E-state index in [-0.39, 0.29) is 34.9 Å². The molecule has 2 unspecified atom stereocenters. The van der Waals surface area contributed by atoms with Crippen molar-refractivity contribution >= 4 is 34.6 Å². The summed E-state index contributed by atoms with van der Waals surface area (Å²) in [5.41, 5.74) is 4.03. The van der Waals surface area contributed by atoms with E-state index in [4.69, 9.17) is 0 Å². The van der Waals surface area contributed by atoms with Crippen LogP contribution in [0.2, 0.25) is 0 Å². The summed E-state index contributed by atoms with van der Waals surface area (Å²) < 4.78 is 3.03. The first kappa shape index (κ1) is 25.2. The van der Waals surface area contributed by atoms with Gasteiger partial charge in [-0.1, -0.05) is 39.0 Å². The number of anilines is 1. The summed E-state index contributed by atoms with van der Waals surface area (Å²) in [4.78, 5) is 52.7. The van der Waals surface area contributed by atoms with Gasteiger partial charge in [0, 0.05) is 44.2 Å². The first-order valence-corrected chi connectivity index (χ1v) is 13.3. The molecule has 4 heterocycles. The number of benzene rings is 2. The third-order valence-electron chi connectivity index (χ3n) is 8.63. The Morgan fingerprint density at radius 1 is 0.974 bits per heavy atom. The van der Waals surface area contributed by atoms with Gasteiger partial charge in [-0.3, -0.25) is 24.0 Å². The molecule has 3 saturated heterocycles. The lowest BCUT2D eigenvalue weighted by Crippen LogP contribution is -2.81. The molecule has 39 heavy (non-hydrogen) atoms. The molecule has 3 aliphatic rings. The minimum absolute atomic E-state index is 0.000810. The highest BCUT2D eigenvalue weighted by Gasteiger charge is 2.64. The Morgan fingerprint density at radius 2 is 1.64 bits per heavy atom. The second-order valence-electron chi connectivity index (χ2n) is 12.3. The number of aromatic nitrogens is 2. The molecule has 0 radical (unpaired) electrons. The Kier molecular flexibility index (Phi) is 5.47. The van der Waals surface area contributed by atoms with E-state index in [1.807, 2.05) is 18.2 Å². The lowest BCUT2D eigenvalue weighted by Gasteiger charge is -2.68. The van der Waals surface area contributed by atoms with Crippen LogP contribution in [0.1, 0.15) is 39.7 Å². The number of hydrogen-bond donors (Lipinski definition) is 2. The summed E-state index contributed by atoms with van der Waals surface area (Å²) in [6, 6.07) is 13.3. The average molecular weight is 532 g/mol. The molecule has 204 valence electrons. The molecule has 3 aliphatic heterocycles. The quantitative estimate of drug-likeness (QED) is 0.502. The van der Waals surface area contributed by atoms with Crippen molar-refractivity contribution in [3.05, 3.63) is 52.9 Å². The summed E-state index contributed by atoms with van der Waals surface area (Å²) in [7, 11) is 1.69. The number of likely N-dealkylation sites (tertiary alicyclic amines) is 1. The molecule has 10 nitrogen and oxygen atoms in total. The normalized spacial score (nSPS) is 22.6. The number of imide groups is 1. The molecule has 0 saturated carbocycles. The molecule has 1 spiro atoms. The zero-order chi connectivity index (χ0) is 27.9. The van der Waals surface area contributed by atoms with Crippen molar-refractivity contribution in [2.24, 2.45) is 17.9 Å². The number of nitrogens with one attached hydrogen (secondary N) is 1. The number of carbonyl (C=O) groups excluding carboxylic acids is 2. The van der Waals surface area contributed by atoms with Gasteiger partial charge in [-0.05, 0) is 47.2 Å². The largest absolute Gasteiger partial charge is 0.465 e. The van der Waals surface area contributed by atoms with Gasteiger partial charge in [0.25, 0.3) is 0 Å². The van der Waals surface area contributed by atoms with Crippen molar-refractivity contribution < 1.29 is 19.5 Å². The molecule has 0 aliphatic carbocycles. The van der Waals surface area contributed by atoms with Crippen LogP contribution in [0.25, 0.3) is 22.2 Å². The van der Waals surface area contributed by atoms with Gasteiger partial charge in [-0.15, -0.1) is 0 Å². The lowest BCUT2D eigenvalue weighted by molar-refractivity contribution is -0.135. The number of piperidine rings is 1. The van der Waals surface area contributed by atoms with Crippen LogP contribution < -0.4 is 15.9 Å². The maximum Gasteiger partial charge on any atom is 0.407 e. The number of carboxylic acid groups (broad SMARTS) is 1. The molecule has 2 atom stereocenters. The summed E-state index contributed by atoms with van der Waals surface area (Å²) in [5.74, 6) is -0.757. The lowest BCUT2D eigenvalue weighted by atomic mass is 9.58. The van der Waals surface area contributed by atoms with E-state index in [1.165, 1.54) is 4.57 Å². The second kappa shape index (κ2) is 8.46. The predicted molar refractivity (Wildman–Crippen MR) is 147 cm³/mol. The molecule has 3 amide bonds.